The fourth-order valence-corrected chi connectivity index (χ4v) is 11.7. The van der Waals surface area contributed by atoms with E-state index in [4.69, 9.17) is 11.6 Å². The Labute approximate surface area is 561 Å². The third-order valence-electron chi connectivity index (χ3n) is 17.3. The molecule has 2 saturated heterocycles. The van der Waals surface area contributed by atoms with Crippen molar-refractivity contribution < 1.29 is 57.5 Å². The van der Waals surface area contributed by atoms with Crippen LogP contribution in [-0.2, 0) is 70.4 Å². The number of amides is 12. The summed E-state index contributed by atoms with van der Waals surface area (Å²) in [7, 11) is 9.66. The molecule has 2 aromatic rings. The number of likely N-dealkylation sites (tertiary alicyclic amines) is 1. The highest BCUT2D eigenvalue weighted by Gasteiger charge is 2.44. The fourth-order valence-electron chi connectivity index (χ4n) is 10.9. The molecule has 0 bridgehead atoms. The van der Waals surface area contributed by atoms with E-state index < -0.39 is 151 Å². The number of rotatable bonds is 13. The fraction of sp³-hybridized carbons (Fsp3) is 0.606. The van der Waals surface area contributed by atoms with Crippen LogP contribution in [0.1, 0.15) is 111 Å². The van der Waals surface area contributed by atoms with Crippen LogP contribution in [0.5, 0.6) is 0 Å². The Hall–Kier alpha value is -7.16. The third-order valence-corrected chi connectivity index (χ3v) is 18.3. The molecule has 0 radical (unpaired) electrons. The van der Waals surface area contributed by atoms with E-state index in [1.165, 1.54) is 79.1 Å². The van der Waals surface area contributed by atoms with E-state index in [-0.39, 0.29) is 43.9 Å². The van der Waals surface area contributed by atoms with Crippen molar-refractivity contribution in [2.75, 3.05) is 82.1 Å². The Balaban J connectivity index is 1.87. The molecule has 12 amide bonds. The Bertz CT molecular complexity index is 3000. The molecule has 4 N–H and O–H groups in total. The maximum Gasteiger partial charge on any atom is 0.246 e. The predicted octanol–water partition coefficient (Wildman–Crippen LogP) is 3.50. The molecule has 0 aliphatic carbocycles. The molecule has 24 nitrogen and oxygen atoms in total. The van der Waals surface area contributed by atoms with Crippen LogP contribution in [0.2, 0.25) is 5.02 Å². The minimum atomic E-state index is -1.72. The molecule has 26 heteroatoms. The van der Waals surface area contributed by atoms with Gasteiger partial charge < -0.3 is 60.5 Å². The molecule has 0 unspecified atom stereocenters. The van der Waals surface area contributed by atoms with Gasteiger partial charge in [0.05, 0.1) is 26.1 Å². The molecule has 4 rings (SSSR count). The molecule has 92 heavy (non-hydrogen) atoms. The van der Waals surface area contributed by atoms with Crippen molar-refractivity contribution in [2.45, 2.75) is 161 Å². The van der Waals surface area contributed by atoms with E-state index in [1.54, 1.807) is 48.2 Å². The molecule has 0 spiro atoms. The van der Waals surface area contributed by atoms with Crippen LogP contribution in [0.3, 0.4) is 0 Å². The van der Waals surface area contributed by atoms with Crippen molar-refractivity contribution in [3.8, 4) is 0 Å². The molecule has 0 aromatic heterocycles. The molecule has 2 fully saturated rings. The van der Waals surface area contributed by atoms with Gasteiger partial charge in [-0.2, -0.15) is 0 Å². The average molecular weight is 1410 g/mol. The van der Waals surface area contributed by atoms with E-state index >= 15 is 4.79 Å². The van der Waals surface area contributed by atoms with Crippen LogP contribution in [0, 0.1) is 21.3 Å². The highest BCUT2D eigenvalue weighted by molar-refractivity contribution is 14.1. The highest BCUT2D eigenvalue weighted by atomic mass is 127. The van der Waals surface area contributed by atoms with Gasteiger partial charge in [-0.15, -0.1) is 6.58 Å². The minimum absolute atomic E-state index is 0.0555. The van der Waals surface area contributed by atoms with Gasteiger partial charge in [0.2, 0.25) is 70.9 Å². The zero-order valence-electron chi connectivity index (χ0n) is 56.3. The van der Waals surface area contributed by atoms with Gasteiger partial charge in [-0.3, -0.25) is 57.5 Å². The zero-order valence-corrected chi connectivity index (χ0v) is 59.2. The van der Waals surface area contributed by atoms with Gasteiger partial charge in [-0.05, 0) is 122 Å². The SMILES string of the molecule is C=CC[C@@H]1NC(=O)[C@H](Cc2cccc(I)c2)NC(=O)CN(C)C(=O)[C@H](Cc2ccc(Cl)cc2)N(C)C(=O)CN(C)C(=O)CN(C)C(=O)[C@H]([C@@H](C)CC)NC(=O)[C@H](CC(C)C)N(C)C(=O)C[C@@H](C(=O)N2CCCC2)N(C)C(=O)[C@H](CC(C)C)NC(=O)C(C)(C)N(C)C1=O. The molecule has 2 heterocycles. The van der Waals surface area contributed by atoms with Crippen molar-refractivity contribution in [1.29, 1.82) is 0 Å². The average Bonchev–Trinajstić information content (AvgIpc) is 0.953. The van der Waals surface area contributed by atoms with Crippen LogP contribution in [0.4, 0.5) is 0 Å². The molecule has 2 aliphatic heterocycles. The lowest BCUT2D eigenvalue weighted by Gasteiger charge is -2.39. The summed E-state index contributed by atoms with van der Waals surface area (Å²) in [6.07, 6.45) is 2.58. The van der Waals surface area contributed by atoms with Crippen LogP contribution in [-0.4, -0.2) is 240 Å². The first-order valence-electron chi connectivity index (χ1n) is 31.4. The summed E-state index contributed by atoms with van der Waals surface area (Å²) in [5.41, 5.74) is -0.480. The highest BCUT2D eigenvalue weighted by Crippen LogP contribution is 2.24. The molecular weight excluding hydrogens is 1320 g/mol. The maximum atomic E-state index is 15.0. The summed E-state index contributed by atoms with van der Waals surface area (Å²) in [5.74, 6) is -9.14. The Kier molecular flexibility index (Phi) is 29.6. The lowest BCUT2D eigenvalue weighted by Crippen LogP contribution is -2.63. The summed E-state index contributed by atoms with van der Waals surface area (Å²) in [6, 6.07) is 4.76. The number of carbonyl (C=O) groups excluding carboxylic acids is 12. The summed E-state index contributed by atoms with van der Waals surface area (Å²) >= 11 is 8.33. The van der Waals surface area contributed by atoms with Crippen molar-refractivity contribution in [1.82, 2.24) is 60.5 Å². The number of likely N-dealkylation sites (N-methyl/N-ethyl adjacent to an activating group) is 7. The predicted molar refractivity (Wildman–Crippen MR) is 359 cm³/mol. The maximum absolute atomic E-state index is 15.0. The molecule has 508 valence electrons. The molecule has 2 aliphatic rings. The summed E-state index contributed by atoms with van der Waals surface area (Å²) < 4.78 is 0.830. The Morgan fingerprint density at radius 3 is 1.79 bits per heavy atom. The summed E-state index contributed by atoms with van der Waals surface area (Å²) in [4.78, 5) is 185. The smallest absolute Gasteiger partial charge is 0.246 e. The van der Waals surface area contributed by atoms with Crippen LogP contribution < -0.4 is 21.3 Å². The van der Waals surface area contributed by atoms with E-state index in [2.05, 4.69) is 50.4 Å². The van der Waals surface area contributed by atoms with Crippen LogP contribution in [0.15, 0.2) is 61.2 Å². The first-order chi connectivity index (χ1) is 43.0. The number of halogens is 2. The number of carbonyl (C=O) groups is 12. The van der Waals surface area contributed by atoms with Gasteiger partial charge in [-0.1, -0.05) is 89.9 Å². The lowest BCUT2D eigenvalue weighted by molar-refractivity contribution is -0.151. The van der Waals surface area contributed by atoms with Gasteiger partial charge in [0, 0.05) is 83.9 Å². The van der Waals surface area contributed by atoms with E-state index in [1.807, 2.05) is 46.8 Å². The van der Waals surface area contributed by atoms with Gasteiger partial charge in [0.15, 0.2) is 0 Å². The summed E-state index contributed by atoms with van der Waals surface area (Å²) in [6.45, 7) is 16.8. The van der Waals surface area contributed by atoms with Crippen LogP contribution >= 0.6 is 34.2 Å². The summed E-state index contributed by atoms with van der Waals surface area (Å²) in [5, 5.41) is 11.7. The molecule has 8 atom stereocenters. The number of hydrogen-bond donors (Lipinski definition) is 4. The van der Waals surface area contributed by atoms with Crippen molar-refractivity contribution in [2.24, 2.45) is 17.8 Å². The number of nitrogens with zero attached hydrogens (tertiary/aromatic N) is 8. The topological polar surface area (TPSA) is 279 Å². The van der Waals surface area contributed by atoms with E-state index in [9.17, 15) is 52.7 Å². The third kappa shape index (κ3) is 21.4. The molecular formula is C66H98ClIN12O12. The van der Waals surface area contributed by atoms with E-state index in [0.717, 1.165) is 28.1 Å². The molecule has 2 aromatic carbocycles. The van der Waals surface area contributed by atoms with Crippen molar-refractivity contribution >= 4 is 105 Å². The second kappa shape index (κ2) is 35.2. The zero-order chi connectivity index (χ0) is 69.2. The van der Waals surface area contributed by atoms with Gasteiger partial charge in [0.25, 0.3) is 0 Å². The van der Waals surface area contributed by atoms with Gasteiger partial charge in [0.1, 0.15) is 47.8 Å². The Morgan fingerprint density at radius 2 is 1.22 bits per heavy atom. The second-order valence-electron chi connectivity index (χ2n) is 25.9. The number of nitrogens with one attached hydrogen (secondary N) is 4. The Morgan fingerprint density at radius 1 is 0.630 bits per heavy atom. The van der Waals surface area contributed by atoms with Crippen LogP contribution in [0.25, 0.3) is 0 Å². The largest absolute Gasteiger partial charge is 0.342 e. The monoisotopic (exact) mass is 1410 g/mol. The molecule has 0 saturated carbocycles. The first kappa shape index (κ1) is 77.3. The van der Waals surface area contributed by atoms with Crippen molar-refractivity contribution in [3.05, 3.63) is 80.9 Å². The second-order valence-corrected chi connectivity index (χ2v) is 27.5. The van der Waals surface area contributed by atoms with E-state index in [0.29, 0.717) is 48.5 Å². The van der Waals surface area contributed by atoms with Gasteiger partial charge in [-0.25, -0.2) is 0 Å². The normalized spacial score (nSPS) is 24.0. The number of benzene rings is 2. The standard InChI is InChI=1S/C66H98ClIN12O12/c1-17-22-47-61(88)79(16)66(8,9)65(92)71-49(31-40(3)4)60(87)78(15)52(63(90)80-29-19-20-30-80)36-54(82)76(13)50(32-41(5)6)59(86)72-57(42(7)18-2)64(91)75(12)38-55(83)73(10)39-56(84)77(14)51(35-43-25-27-45(67)28-26-43)62(89)74(11)37-53(81)69-48(58(85)70-47)34-44-23-21-24-46(68)33-44/h17,21,23-28,33,40-42,47-52,57H,1,18-20,22,29-32,34-39H2,2-16H3,(H,69,81)(H,70,85)(H,71,92)(H,72,86)/t42-,47-,48-,49-,50-,51-,52-,57-/m0/s1. The number of hydrogen-bond acceptors (Lipinski definition) is 12. The first-order valence-corrected chi connectivity index (χ1v) is 32.9. The quantitative estimate of drug-likeness (QED) is 0.166. The lowest BCUT2D eigenvalue weighted by atomic mass is 9.95. The van der Waals surface area contributed by atoms with Gasteiger partial charge >= 0.3 is 0 Å². The minimum Gasteiger partial charge on any atom is -0.342 e. The van der Waals surface area contributed by atoms with Crippen molar-refractivity contribution in [3.63, 3.8) is 0 Å².